The monoisotopic (exact) mass is 686 g/mol. The lowest BCUT2D eigenvalue weighted by Gasteiger charge is -2.19. The van der Waals surface area contributed by atoms with Crippen molar-refractivity contribution in [2.45, 2.75) is 89.2 Å². The van der Waals surface area contributed by atoms with Gasteiger partial charge in [0, 0.05) is 17.1 Å². The molecule has 1 unspecified atom stereocenters. The Morgan fingerprint density at radius 2 is 1.53 bits per heavy atom. The van der Waals surface area contributed by atoms with Crippen molar-refractivity contribution in [1.82, 2.24) is 5.43 Å². The molecular formula is C30H38Cl4N6O2S. The van der Waals surface area contributed by atoms with Crippen molar-refractivity contribution >= 4 is 98.0 Å². The topological polar surface area (TPSA) is 124 Å². The number of rotatable bonds is 16. The molecule has 1 atom stereocenters. The van der Waals surface area contributed by atoms with E-state index in [9.17, 15) is 9.59 Å². The Morgan fingerprint density at radius 3 is 2.12 bits per heavy atom. The van der Waals surface area contributed by atoms with Gasteiger partial charge in [-0.15, -0.1) is 0 Å². The molecule has 1 heterocycles. The van der Waals surface area contributed by atoms with Crippen LogP contribution in [0.15, 0.2) is 35.3 Å². The maximum Gasteiger partial charge on any atom is 0.267 e. The average Bonchev–Trinajstić information content (AvgIpc) is 3.22. The molecule has 2 aromatic carbocycles. The summed E-state index contributed by atoms with van der Waals surface area (Å²) < 4.78 is 0. The number of benzene rings is 2. The molecule has 0 bridgehead atoms. The van der Waals surface area contributed by atoms with Crippen LogP contribution in [-0.4, -0.2) is 28.1 Å². The van der Waals surface area contributed by atoms with Crippen molar-refractivity contribution in [2.75, 3.05) is 10.3 Å². The fraction of sp³-hybridized carbons (Fsp3) is 0.467. The molecule has 43 heavy (non-hydrogen) atoms. The molecule has 0 saturated carbocycles. The molecule has 13 heteroatoms. The highest BCUT2D eigenvalue weighted by Gasteiger charge is 2.41. The molecule has 1 aliphatic heterocycles. The normalized spacial score (nSPS) is 15.7. The Hall–Kier alpha value is -2.17. The number of halogens is 4. The van der Waals surface area contributed by atoms with Crippen LogP contribution in [-0.2, 0) is 9.59 Å². The number of carbonyl (C=O) groups is 2. The number of nitrogens with one attached hydrogen (secondary N) is 3. The van der Waals surface area contributed by atoms with Crippen LogP contribution in [0, 0.1) is 5.41 Å². The van der Waals surface area contributed by atoms with Gasteiger partial charge in [-0.25, -0.2) is 10.0 Å². The van der Waals surface area contributed by atoms with Gasteiger partial charge >= 0.3 is 0 Å². The van der Waals surface area contributed by atoms with E-state index in [0.717, 1.165) is 36.0 Å². The third-order valence-electron chi connectivity index (χ3n) is 6.85. The number of amidine groups is 2. The largest absolute Gasteiger partial charge is 0.379 e. The van der Waals surface area contributed by atoms with Crippen molar-refractivity contribution in [3.63, 3.8) is 0 Å². The molecule has 3 rings (SSSR count). The lowest BCUT2D eigenvalue weighted by molar-refractivity contribution is -0.117. The predicted octanol–water partition coefficient (Wildman–Crippen LogP) is 9.52. The summed E-state index contributed by atoms with van der Waals surface area (Å²) in [5, 5.41) is 11.4. The molecule has 1 fully saturated rings. The van der Waals surface area contributed by atoms with Crippen LogP contribution in [0.1, 0.15) is 84.0 Å². The van der Waals surface area contributed by atoms with Crippen molar-refractivity contribution in [3.8, 4) is 0 Å². The van der Waals surface area contributed by atoms with E-state index < -0.39 is 11.2 Å². The van der Waals surface area contributed by atoms with E-state index in [1.807, 2.05) is 0 Å². The first kappa shape index (κ1) is 35.3. The number of unbranched alkanes of at least 4 members (excludes halogenated alkanes) is 10. The van der Waals surface area contributed by atoms with E-state index in [1.54, 1.807) is 18.2 Å². The first-order valence-electron chi connectivity index (χ1n) is 14.5. The maximum atomic E-state index is 13.3. The molecule has 1 saturated heterocycles. The predicted molar refractivity (Wildman–Crippen MR) is 184 cm³/mol. The third-order valence-corrected chi connectivity index (χ3v) is 8.88. The second-order valence-corrected chi connectivity index (χ2v) is 13.2. The molecule has 0 radical (unpaired) electrons. The van der Waals surface area contributed by atoms with Crippen molar-refractivity contribution in [3.05, 3.63) is 50.4 Å². The van der Waals surface area contributed by atoms with E-state index in [2.05, 4.69) is 22.7 Å². The Bertz CT molecular complexity index is 1300. The summed E-state index contributed by atoms with van der Waals surface area (Å²) in [7, 11) is 0. The molecule has 2 aromatic rings. The van der Waals surface area contributed by atoms with Gasteiger partial charge in [0.2, 0.25) is 5.91 Å². The summed E-state index contributed by atoms with van der Waals surface area (Å²) in [4.78, 5) is 30.5. The maximum absolute atomic E-state index is 13.3. The van der Waals surface area contributed by atoms with Crippen LogP contribution in [0.5, 0.6) is 0 Å². The number of hydrazine groups is 1. The lowest BCUT2D eigenvalue weighted by Crippen LogP contribution is -2.36. The minimum absolute atomic E-state index is 0.0887. The second-order valence-electron chi connectivity index (χ2n) is 10.4. The Morgan fingerprint density at radius 1 is 0.953 bits per heavy atom. The zero-order valence-electron chi connectivity index (χ0n) is 24.2. The van der Waals surface area contributed by atoms with Crippen molar-refractivity contribution in [1.29, 1.82) is 5.41 Å². The molecule has 1 aliphatic rings. The number of anilines is 2. The second kappa shape index (κ2) is 18.0. The Kier molecular flexibility index (Phi) is 14.7. The van der Waals surface area contributed by atoms with Crippen molar-refractivity contribution in [2.24, 2.45) is 10.7 Å². The molecule has 2 amide bonds. The summed E-state index contributed by atoms with van der Waals surface area (Å²) in [5.74, 6) is -0.412. The minimum Gasteiger partial charge on any atom is -0.379 e. The zero-order chi connectivity index (χ0) is 31.4. The van der Waals surface area contributed by atoms with Crippen LogP contribution in [0.4, 0.5) is 17.1 Å². The van der Waals surface area contributed by atoms with Gasteiger partial charge in [0.25, 0.3) is 5.91 Å². The van der Waals surface area contributed by atoms with Gasteiger partial charge in [-0.3, -0.25) is 20.4 Å². The molecule has 8 nitrogen and oxygen atoms in total. The zero-order valence-corrected chi connectivity index (χ0v) is 28.0. The standard InChI is InChI=1S/C30H38Cl4N6O2S/c1-2-3-4-5-6-7-8-9-10-11-12-13-25(41)37-20-14-15-21(32)24(18-20)38-28-27(43-30(35)36)29(42)40(39-28)26-22(33)16-19(31)17-23(26)34/h14-18,27H,2-13H2,1H3,(H3,35,36)(H,37,41)(H,38,39). The quantitative estimate of drug-likeness (QED) is 0.0795. The SMILES string of the molecule is CCCCCCCCCCCCCC(=O)Nc1ccc(Cl)c(N=C2NN(c3c(Cl)cc(Cl)cc3Cl)C(=O)C2SC(=N)N)c1. The number of hydrogen-bond acceptors (Lipinski definition) is 5. The number of amides is 2. The van der Waals surface area contributed by atoms with E-state index in [0.29, 0.717) is 27.8 Å². The highest BCUT2D eigenvalue weighted by Crippen LogP contribution is 2.39. The number of nitrogens with two attached hydrogens (primary N) is 1. The van der Waals surface area contributed by atoms with Crippen LogP contribution in [0.25, 0.3) is 0 Å². The molecule has 0 spiro atoms. The van der Waals surface area contributed by atoms with Gasteiger partial charge in [0.05, 0.1) is 20.8 Å². The fourth-order valence-corrected chi connectivity index (χ4v) is 6.50. The molecule has 5 N–H and O–H groups in total. The van der Waals surface area contributed by atoms with Crippen LogP contribution in [0.2, 0.25) is 20.1 Å². The molecule has 0 aliphatic carbocycles. The number of carbonyl (C=O) groups excluding carboxylic acids is 2. The molecule has 234 valence electrons. The summed E-state index contributed by atoms with van der Waals surface area (Å²) in [6.07, 6.45) is 13.8. The smallest absolute Gasteiger partial charge is 0.267 e. The van der Waals surface area contributed by atoms with Crippen LogP contribution in [0.3, 0.4) is 0 Å². The van der Waals surface area contributed by atoms with Crippen LogP contribution < -0.4 is 21.5 Å². The van der Waals surface area contributed by atoms with Gasteiger partial charge in [-0.1, -0.05) is 129 Å². The lowest BCUT2D eigenvalue weighted by atomic mass is 10.1. The number of hydrogen-bond donors (Lipinski definition) is 4. The summed E-state index contributed by atoms with van der Waals surface area (Å²) in [5.41, 5.74) is 9.55. The van der Waals surface area contributed by atoms with Crippen LogP contribution >= 0.6 is 58.2 Å². The number of aliphatic imine (C=N–C) groups is 1. The highest BCUT2D eigenvalue weighted by molar-refractivity contribution is 8.15. The minimum atomic E-state index is -0.990. The number of thioether (sulfide) groups is 1. The molecule has 0 aromatic heterocycles. The van der Waals surface area contributed by atoms with Gasteiger partial charge in [0.15, 0.2) is 10.4 Å². The van der Waals surface area contributed by atoms with Gasteiger partial charge in [-0.2, -0.15) is 0 Å². The van der Waals surface area contributed by atoms with Gasteiger partial charge < -0.3 is 11.1 Å². The summed E-state index contributed by atoms with van der Waals surface area (Å²) in [6.45, 7) is 2.24. The van der Waals surface area contributed by atoms with Gasteiger partial charge in [0.1, 0.15) is 11.5 Å². The Balaban J connectivity index is 1.60. The average molecular weight is 689 g/mol. The third kappa shape index (κ3) is 11.0. The number of nitrogens with zero attached hydrogens (tertiary/aromatic N) is 2. The molecular weight excluding hydrogens is 650 g/mol. The van der Waals surface area contributed by atoms with E-state index in [4.69, 9.17) is 57.5 Å². The van der Waals surface area contributed by atoms with Gasteiger partial charge in [-0.05, 0) is 36.8 Å². The fourth-order valence-electron chi connectivity index (χ4n) is 4.67. The highest BCUT2D eigenvalue weighted by atomic mass is 35.5. The summed E-state index contributed by atoms with van der Waals surface area (Å²) >= 11 is 26.0. The summed E-state index contributed by atoms with van der Waals surface area (Å²) in [6, 6.07) is 7.86. The first-order chi connectivity index (χ1) is 20.6. The van der Waals surface area contributed by atoms with E-state index in [-0.39, 0.29) is 32.6 Å². The first-order valence-corrected chi connectivity index (χ1v) is 16.9. The Labute approximate surface area is 277 Å². The van der Waals surface area contributed by atoms with Crippen molar-refractivity contribution < 1.29 is 9.59 Å². The van der Waals surface area contributed by atoms with E-state index in [1.165, 1.54) is 63.5 Å². The van der Waals surface area contributed by atoms with E-state index >= 15 is 0 Å².